The molecule has 0 amide bonds. The first kappa shape index (κ1) is 14.3. The Bertz CT molecular complexity index is 247. The molecular weight excluding hydrogens is 224 g/mol. The Morgan fingerprint density at radius 2 is 1.72 bits per heavy atom. The number of aliphatic hydroxyl groups is 1. The topological polar surface area (TPSA) is 26.7 Å². The van der Waals surface area contributed by atoms with Crippen LogP contribution in [0.5, 0.6) is 0 Å². The first-order chi connectivity index (χ1) is 8.67. The number of hydrogen-bond donors (Lipinski definition) is 1. The molecule has 2 heterocycles. The van der Waals surface area contributed by atoms with Crippen LogP contribution in [-0.2, 0) is 0 Å². The summed E-state index contributed by atoms with van der Waals surface area (Å²) in [6.45, 7) is 9.99. The Kier molecular flexibility index (Phi) is 5.05. The minimum Gasteiger partial charge on any atom is -0.389 e. The Hall–Kier alpha value is -0.120. The molecule has 18 heavy (non-hydrogen) atoms. The smallest absolute Gasteiger partial charge is 0.0768 e. The van der Waals surface area contributed by atoms with Gasteiger partial charge in [0, 0.05) is 19.1 Å². The highest BCUT2D eigenvalue weighted by Gasteiger charge is 2.32. The van der Waals surface area contributed by atoms with E-state index in [9.17, 15) is 5.11 Å². The minimum absolute atomic E-state index is 0.462. The van der Waals surface area contributed by atoms with Crippen molar-refractivity contribution in [1.29, 1.82) is 0 Å². The zero-order chi connectivity index (χ0) is 13.0. The fraction of sp³-hybridized carbons (Fsp3) is 1.00. The highest BCUT2D eigenvalue weighted by Crippen LogP contribution is 2.23. The van der Waals surface area contributed by atoms with Gasteiger partial charge in [0.25, 0.3) is 0 Å². The summed E-state index contributed by atoms with van der Waals surface area (Å²) in [5.74, 6) is 0. The normalized spacial score (nSPS) is 27.8. The lowest BCUT2D eigenvalue weighted by molar-refractivity contribution is 0.000528. The van der Waals surface area contributed by atoms with Crippen LogP contribution in [0.3, 0.4) is 0 Å². The fourth-order valence-electron chi connectivity index (χ4n) is 3.43. The van der Waals surface area contributed by atoms with Gasteiger partial charge in [-0.25, -0.2) is 0 Å². The highest BCUT2D eigenvalue weighted by molar-refractivity contribution is 4.89. The summed E-state index contributed by atoms with van der Waals surface area (Å²) < 4.78 is 0. The van der Waals surface area contributed by atoms with Gasteiger partial charge in [-0.1, -0.05) is 20.3 Å². The summed E-state index contributed by atoms with van der Waals surface area (Å²) in [4.78, 5) is 5.16. The second-order valence-corrected chi connectivity index (χ2v) is 6.21. The van der Waals surface area contributed by atoms with Crippen LogP contribution >= 0.6 is 0 Å². The maximum Gasteiger partial charge on any atom is 0.0768 e. The van der Waals surface area contributed by atoms with Gasteiger partial charge in [-0.2, -0.15) is 0 Å². The molecule has 0 aromatic carbocycles. The molecular formula is C15H30N2O. The van der Waals surface area contributed by atoms with Crippen molar-refractivity contribution in [3.8, 4) is 0 Å². The largest absolute Gasteiger partial charge is 0.389 e. The maximum absolute atomic E-state index is 10.4. The molecule has 0 saturated carbocycles. The number of hydrogen-bond acceptors (Lipinski definition) is 3. The first-order valence-corrected chi connectivity index (χ1v) is 7.85. The molecule has 2 rings (SSSR count). The number of piperidine rings is 1. The van der Waals surface area contributed by atoms with Crippen LogP contribution in [-0.4, -0.2) is 59.3 Å². The summed E-state index contributed by atoms with van der Waals surface area (Å²) in [6, 6.07) is 0.753. The average molecular weight is 254 g/mol. The van der Waals surface area contributed by atoms with Crippen LogP contribution in [0.15, 0.2) is 0 Å². The summed E-state index contributed by atoms with van der Waals surface area (Å²) >= 11 is 0. The van der Waals surface area contributed by atoms with Gasteiger partial charge in [0.1, 0.15) is 0 Å². The van der Waals surface area contributed by atoms with E-state index in [0.717, 1.165) is 25.4 Å². The zero-order valence-corrected chi connectivity index (χ0v) is 12.2. The minimum atomic E-state index is -0.462. The standard InChI is InChI=1S/C15H30N2O/c1-3-15(18,4-2)13-16-11-8-14(12-16)17-9-6-5-7-10-17/h14,18H,3-13H2,1-2H3. The highest BCUT2D eigenvalue weighted by atomic mass is 16.3. The van der Waals surface area contributed by atoms with Crippen molar-refractivity contribution in [2.75, 3.05) is 32.7 Å². The number of likely N-dealkylation sites (tertiary alicyclic amines) is 2. The van der Waals surface area contributed by atoms with Gasteiger partial charge >= 0.3 is 0 Å². The molecule has 0 aromatic rings. The molecule has 0 aliphatic carbocycles. The molecule has 2 aliphatic rings. The third-order valence-electron chi connectivity index (χ3n) is 4.99. The molecule has 3 heteroatoms. The predicted octanol–water partition coefficient (Wildman–Crippen LogP) is 2.10. The van der Waals surface area contributed by atoms with E-state index in [2.05, 4.69) is 23.6 Å². The lowest BCUT2D eigenvalue weighted by Gasteiger charge is -2.34. The van der Waals surface area contributed by atoms with Crippen molar-refractivity contribution in [2.24, 2.45) is 0 Å². The molecule has 0 radical (unpaired) electrons. The van der Waals surface area contributed by atoms with Crippen LogP contribution in [0.1, 0.15) is 52.4 Å². The van der Waals surface area contributed by atoms with E-state index in [1.165, 1.54) is 51.9 Å². The molecule has 2 aliphatic heterocycles. The predicted molar refractivity (Wildman–Crippen MR) is 75.8 cm³/mol. The second-order valence-electron chi connectivity index (χ2n) is 6.21. The molecule has 1 unspecified atom stereocenters. The Balaban J connectivity index is 1.80. The molecule has 3 nitrogen and oxygen atoms in total. The monoisotopic (exact) mass is 254 g/mol. The van der Waals surface area contributed by atoms with Crippen LogP contribution in [0.4, 0.5) is 0 Å². The SMILES string of the molecule is CCC(O)(CC)CN1CCC(N2CCCCC2)C1. The van der Waals surface area contributed by atoms with Crippen molar-refractivity contribution in [3.05, 3.63) is 0 Å². The molecule has 0 aromatic heterocycles. The van der Waals surface area contributed by atoms with E-state index >= 15 is 0 Å². The summed E-state index contributed by atoms with van der Waals surface area (Å²) in [5, 5.41) is 10.4. The molecule has 1 N–H and O–H groups in total. The molecule has 0 bridgehead atoms. The Morgan fingerprint density at radius 3 is 2.33 bits per heavy atom. The number of nitrogens with zero attached hydrogens (tertiary/aromatic N) is 2. The third kappa shape index (κ3) is 3.46. The molecule has 106 valence electrons. The first-order valence-electron chi connectivity index (χ1n) is 7.85. The Labute approximate surface area is 112 Å². The van der Waals surface area contributed by atoms with Gasteiger partial charge in [-0.3, -0.25) is 9.80 Å². The van der Waals surface area contributed by atoms with E-state index in [-0.39, 0.29) is 0 Å². The van der Waals surface area contributed by atoms with E-state index in [1.54, 1.807) is 0 Å². The van der Waals surface area contributed by atoms with Gasteiger partial charge in [0.2, 0.25) is 0 Å². The van der Waals surface area contributed by atoms with Crippen molar-refractivity contribution < 1.29 is 5.11 Å². The third-order valence-corrected chi connectivity index (χ3v) is 4.99. The summed E-state index contributed by atoms with van der Waals surface area (Å²) in [5.41, 5.74) is -0.462. The lowest BCUT2D eigenvalue weighted by atomic mass is 9.97. The van der Waals surface area contributed by atoms with Gasteiger partial charge < -0.3 is 5.11 Å². The van der Waals surface area contributed by atoms with Crippen LogP contribution in [0.2, 0.25) is 0 Å². The van der Waals surface area contributed by atoms with E-state index in [4.69, 9.17) is 0 Å². The van der Waals surface area contributed by atoms with Crippen LogP contribution < -0.4 is 0 Å². The number of rotatable bonds is 5. The fourth-order valence-corrected chi connectivity index (χ4v) is 3.43. The lowest BCUT2D eigenvalue weighted by Crippen LogP contribution is -2.44. The van der Waals surface area contributed by atoms with Crippen molar-refractivity contribution in [3.63, 3.8) is 0 Å². The van der Waals surface area contributed by atoms with Gasteiger partial charge in [0.05, 0.1) is 5.60 Å². The van der Waals surface area contributed by atoms with Gasteiger partial charge in [-0.05, 0) is 51.7 Å². The molecule has 2 saturated heterocycles. The molecule has 2 fully saturated rings. The summed E-state index contributed by atoms with van der Waals surface area (Å²) in [6.07, 6.45) is 7.21. The van der Waals surface area contributed by atoms with Crippen molar-refractivity contribution in [2.45, 2.75) is 64.0 Å². The van der Waals surface area contributed by atoms with Crippen molar-refractivity contribution >= 4 is 0 Å². The zero-order valence-electron chi connectivity index (χ0n) is 12.2. The van der Waals surface area contributed by atoms with E-state index in [0.29, 0.717) is 0 Å². The molecule has 1 atom stereocenters. The Morgan fingerprint density at radius 1 is 1.06 bits per heavy atom. The van der Waals surface area contributed by atoms with E-state index in [1.807, 2.05) is 0 Å². The molecule has 0 spiro atoms. The second kappa shape index (κ2) is 6.36. The van der Waals surface area contributed by atoms with Crippen LogP contribution in [0, 0.1) is 0 Å². The van der Waals surface area contributed by atoms with E-state index < -0.39 is 5.60 Å². The van der Waals surface area contributed by atoms with Crippen LogP contribution in [0.25, 0.3) is 0 Å². The van der Waals surface area contributed by atoms with Gasteiger partial charge in [-0.15, -0.1) is 0 Å². The quantitative estimate of drug-likeness (QED) is 0.814. The van der Waals surface area contributed by atoms with Crippen molar-refractivity contribution in [1.82, 2.24) is 9.80 Å². The summed E-state index contributed by atoms with van der Waals surface area (Å²) in [7, 11) is 0. The number of β-amino-alcohol motifs (C(OH)–C–C–N with tert-alkyl or cyclic N) is 1. The van der Waals surface area contributed by atoms with Gasteiger partial charge in [0.15, 0.2) is 0 Å². The maximum atomic E-state index is 10.4. The average Bonchev–Trinajstić information content (AvgIpc) is 2.88.